The Morgan fingerprint density at radius 2 is 1.75 bits per heavy atom. The van der Waals surface area contributed by atoms with Crippen molar-refractivity contribution in [3.63, 3.8) is 0 Å². The first-order valence-corrected chi connectivity index (χ1v) is 25.2. The highest BCUT2D eigenvalue weighted by atomic mass is 35.5. The van der Waals surface area contributed by atoms with E-state index in [4.69, 9.17) is 40.1 Å². The Hall–Kier alpha value is -4.34. The first-order chi connectivity index (χ1) is 31.8. The molecule has 4 bridgehead atoms. The molecule has 0 aliphatic carbocycles. The lowest BCUT2D eigenvalue weighted by molar-refractivity contribution is -0.197. The molecule has 376 valence electrons. The number of hydroxylamine groups is 2. The van der Waals surface area contributed by atoms with Gasteiger partial charge in [-0.1, -0.05) is 70.8 Å². The van der Waals surface area contributed by atoms with E-state index in [1.54, 1.807) is 62.9 Å². The maximum absolute atomic E-state index is 14.4. The van der Waals surface area contributed by atoms with Gasteiger partial charge in [0.15, 0.2) is 5.72 Å². The summed E-state index contributed by atoms with van der Waals surface area (Å²) in [6.45, 7) is 12.7. The second-order valence-corrected chi connectivity index (χ2v) is 22.6. The van der Waals surface area contributed by atoms with Crippen LogP contribution >= 0.6 is 33.2 Å². The molecule has 3 fully saturated rings. The Bertz CT molecular complexity index is 2170. The average Bonchev–Trinajstić information content (AvgIpc) is 3.90. The van der Waals surface area contributed by atoms with Crippen molar-refractivity contribution >= 4 is 80.5 Å². The highest BCUT2D eigenvalue weighted by molar-refractivity contribution is 8.77. The number of benzene rings is 1. The van der Waals surface area contributed by atoms with Gasteiger partial charge in [-0.3, -0.25) is 24.5 Å². The Balaban J connectivity index is 1.31. The third-order valence-electron chi connectivity index (χ3n) is 12.9. The van der Waals surface area contributed by atoms with Crippen LogP contribution in [0.3, 0.4) is 0 Å². The van der Waals surface area contributed by atoms with Crippen LogP contribution in [-0.4, -0.2) is 137 Å². The summed E-state index contributed by atoms with van der Waals surface area (Å²) in [6, 6.07) is 2.48. The second kappa shape index (κ2) is 22.2. The van der Waals surface area contributed by atoms with E-state index in [9.17, 15) is 38.7 Å². The highest BCUT2D eigenvalue weighted by Crippen LogP contribution is 2.55. The normalized spacial score (nSPS) is 28.0. The Kier molecular flexibility index (Phi) is 17.8. The third kappa shape index (κ3) is 12.9. The number of hydrogen-bond donors (Lipinski definition) is 2. The van der Waals surface area contributed by atoms with Crippen molar-refractivity contribution < 1.29 is 67.2 Å². The number of carbonyl (C=O) groups excluding carboxylic acids is 7. The van der Waals surface area contributed by atoms with Crippen LogP contribution in [-0.2, 0) is 59.0 Å². The number of carbonyl (C=O) groups is 7. The van der Waals surface area contributed by atoms with E-state index in [0.717, 1.165) is 11.1 Å². The minimum absolute atomic E-state index is 0.0232. The lowest BCUT2D eigenvalue weighted by atomic mass is 9.73. The predicted molar refractivity (Wildman–Crippen MR) is 255 cm³/mol. The Morgan fingerprint density at radius 1 is 1.07 bits per heavy atom. The van der Waals surface area contributed by atoms with Crippen LogP contribution in [0.25, 0.3) is 0 Å². The topological polar surface area (TPSA) is 220 Å². The summed E-state index contributed by atoms with van der Waals surface area (Å²) >= 11 is 6.82. The highest BCUT2D eigenvalue weighted by Gasteiger charge is 2.68. The van der Waals surface area contributed by atoms with Gasteiger partial charge in [0, 0.05) is 69.2 Å². The first kappa shape index (κ1) is 54.6. The number of epoxide rings is 1. The molecule has 18 nitrogen and oxygen atoms in total. The molecule has 1 aromatic carbocycles. The molecular formula is C47H65ClN4O14S2. The number of esters is 1. The molecule has 5 amide bonds. The van der Waals surface area contributed by atoms with Crippen molar-refractivity contribution in [2.24, 2.45) is 5.41 Å². The molecular weight excluding hydrogens is 944 g/mol. The number of likely N-dealkylation sites (N-methyl/N-ethyl adjacent to an activating group) is 1. The van der Waals surface area contributed by atoms with Crippen LogP contribution in [0.2, 0.25) is 5.02 Å². The predicted octanol–water partition coefficient (Wildman–Crippen LogP) is 6.23. The molecule has 3 saturated heterocycles. The number of imide groups is 1. The second-order valence-electron chi connectivity index (χ2n) is 19.1. The van der Waals surface area contributed by atoms with Crippen LogP contribution in [0.1, 0.15) is 105 Å². The summed E-state index contributed by atoms with van der Waals surface area (Å²) < 4.78 is 29.3. The van der Waals surface area contributed by atoms with Gasteiger partial charge in [-0.25, -0.2) is 14.4 Å². The van der Waals surface area contributed by atoms with Crippen molar-refractivity contribution in [1.82, 2.24) is 15.3 Å². The fraction of sp³-hybridized carbons (Fsp3) is 0.638. The molecule has 4 heterocycles. The van der Waals surface area contributed by atoms with E-state index >= 15 is 0 Å². The van der Waals surface area contributed by atoms with E-state index in [2.05, 4.69) is 5.32 Å². The fourth-order valence-corrected chi connectivity index (χ4v) is 11.4. The molecule has 5 rings (SSSR count). The molecule has 0 spiro atoms. The summed E-state index contributed by atoms with van der Waals surface area (Å²) in [5.41, 5.74) is -2.19. The van der Waals surface area contributed by atoms with Gasteiger partial charge in [0.25, 0.3) is 11.8 Å². The molecule has 21 heteroatoms. The molecule has 4 aliphatic rings. The number of fused-ring (bicyclic) bond motifs is 5. The number of hydrogen-bond acceptors (Lipinski definition) is 16. The summed E-state index contributed by atoms with van der Waals surface area (Å²) in [5.74, 6) is -2.38. The first-order valence-electron chi connectivity index (χ1n) is 22.5. The number of amides is 5. The molecule has 68 heavy (non-hydrogen) atoms. The zero-order chi connectivity index (χ0) is 50.5. The van der Waals surface area contributed by atoms with Crippen molar-refractivity contribution in [3.8, 4) is 5.75 Å². The van der Waals surface area contributed by atoms with Crippen molar-refractivity contribution in [1.29, 1.82) is 0 Å². The van der Waals surface area contributed by atoms with Gasteiger partial charge in [-0.2, -0.15) is 0 Å². The number of aliphatic hydroxyl groups is 1. The number of alkyl carbamates (subject to hydrolysis) is 1. The number of nitrogens with zero attached hydrogens (tertiary/aromatic N) is 3. The van der Waals surface area contributed by atoms with E-state index < -0.39 is 83.0 Å². The van der Waals surface area contributed by atoms with Gasteiger partial charge in [0.2, 0.25) is 11.8 Å². The van der Waals surface area contributed by atoms with Gasteiger partial charge >= 0.3 is 18.0 Å². The molecule has 1 aromatic rings. The standard InChI is InChI=1S/C47H65ClN4O14S2/c1-27-14-12-15-32(62-11)47(60)26-34(64-43(59)49-47)45(5,6)42-46(7,65-42)33(25-38(56)51(9)30-23-29(22-27)24-31(61-10)40(30)48)63-41(58)28(2)50(8)35(53)19-20-44(3,4)68-67-21-13-16-39(57)66-52-36(54)17-18-37(52)55/h12,14-15,23-24,28,32-34,42,60H,13,16-22,25-26H2,1-11H3,(H,49,59)/b15-12+,27-14+/t28-,32+,33-,34-,42-,46-,47-/m0/s1. The molecule has 0 saturated carbocycles. The molecule has 0 radical (unpaired) electrons. The summed E-state index contributed by atoms with van der Waals surface area (Å²) in [6.07, 6.45) is 1.46. The van der Waals surface area contributed by atoms with Gasteiger partial charge in [-0.15, -0.1) is 5.06 Å². The SMILES string of the molecule is COc1cc2cc(c1Cl)N(C)C(=O)C[C@H](OC(=O)[C@H](C)N(C)C(=O)CCC(C)(C)SSCCCC(=O)ON1C(=O)CCC1=O)[C@]1(C)O[C@H]1C(C)(C)[C@@H]1C[C@@](O)(NC(=O)O1)[C@H](OC)/C=C/C=C(\C)C2. The van der Waals surface area contributed by atoms with Crippen molar-refractivity contribution in [3.05, 3.63) is 46.5 Å². The zero-order valence-corrected chi connectivity index (χ0v) is 43.0. The van der Waals surface area contributed by atoms with Crippen LogP contribution in [0, 0.1) is 5.41 Å². The van der Waals surface area contributed by atoms with Crippen LogP contribution in [0.15, 0.2) is 35.9 Å². The quantitative estimate of drug-likeness (QED) is 0.0654. The molecule has 7 atom stereocenters. The summed E-state index contributed by atoms with van der Waals surface area (Å²) in [7, 11) is 9.02. The smallest absolute Gasteiger partial charge is 0.409 e. The van der Waals surface area contributed by atoms with Crippen LogP contribution in [0.5, 0.6) is 5.75 Å². The van der Waals surface area contributed by atoms with Gasteiger partial charge < -0.3 is 43.4 Å². The van der Waals surface area contributed by atoms with Gasteiger partial charge in [0.1, 0.15) is 40.7 Å². The summed E-state index contributed by atoms with van der Waals surface area (Å²) in [5, 5.41) is 15.2. The number of nitrogens with one attached hydrogen (secondary N) is 1. The zero-order valence-electron chi connectivity index (χ0n) is 40.6. The fourth-order valence-electron chi connectivity index (χ4n) is 8.42. The number of rotatable bonds is 15. The maximum Gasteiger partial charge on any atom is 0.409 e. The van der Waals surface area contributed by atoms with Gasteiger partial charge in [0.05, 0.1) is 25.3 Å². The van der Waals surface area contributed by atoms with Gasteiger partial charge in [-0.05, 0) is 71.6 Å². The largest absolute Gasteiger partial charge is 0.495 e. The average molecular weight is 1010 g/mol. The van der Waals surface area contributed by atoms with E-state index in [1.165, 1.54) is 48.8 Å². The summed E-state index contributed by atoms with van der Waals surface area (Å²) in [4.78, 5) is 98.5. The lowest BCUT2D eigenvalue weighted by Crippen LogP contribution is -2.65. The van der Waals surface area contributed by atoms with Crippen molar-refractivity contribution in [2.75, 3.05) is 39.0 Å². The maximum atomic E-state index is 14.4. The lowest BCUT2D eigenvalue weighted by Gasteiger charge is -2.45. The third-order valence-corrected chi connectivity index (χ3v) is 16.7. The number of halogens is 1. The number of ether oxygens (including phenoxy) is 5. The minimum Gasteiger partial charge on any atom is -0.495 e. The molecule has 4 aliphatic heterocycles. The van der Waals surface area contributed by atoms with Crippen LogP contribution in [0.4, 0.5) is 10.5 Å². The Morgan fingerprint density at radius 3 is 2.40 bits per heavy atom. The van der Waals surface area contributed by atoms with E-state index in [1.807, 2.05) is 26.8 Å². The van der Waals surface area contributed by atoms with Crippen molar-refractivity contribution in [2.45, 2.75) is 153 Å². The minimum atomic E-state index is -1.89. The molecule has 2 N–H and O–H groups in total. The number of methoxy groups -OCH3 is 2. The monoisotopic (exact) mass is 1010 g/mol. The number of anilines is 1. The molecule has 0 unspecified atom stereocenters. The van der Waals surface area contributed by atoms with E-state index in [-0.39, 0.29) is 54.2 Å². The number of allylic oxidation sites excluding steroid dienone is 3. The van der Waals surface area contributed by atoms with E-state index in [0.29, 0.717) is 41.5 Å². The molecule has 0 aromatic heterocycles. The van der Waals surface area contributed by atoms with Crippen LogP contribution < -0.4 is 15.0 Å². The Labute approximate surface area is 410 Å².